The summed E-state index contributed by atoms with van der Waals surface area (Å²) in [6.45, 7) is 0.751. The predicted molar refractivity (Wildman–Crippen MR) is 70.3 cm³/mol. The predicted octanol–water partition coefficient (Wildman–Crippen LogP) is 4.22. The Balaban J connectivity index is 2.63. The van der Waals surface area contributed by atoms with E-state index < -0.39 is 0 Å². The van der Waals surface area contributed by atoms with Crippen molar-refractivity contribution in [1.82, 2.24) is 0 Å². The van der Waals surface area contributed by atoms with Gasteiger partial charge in [0.05, 0.1) is 0 Å². The van der Waals surface area contributed by atoms with Gasteiger partial charge < -0.3 is 5.32 Å². The van der Waals surface area contributed by atoms with E-state index in [1.165, 1.54) is 9.11 Å². The van der Waals surface area contributed by atoms with Crippen LogP contribution in [0.3, 0.4) is 0 Å². The van der Waals surface area contributed by atoms with Crippen molar-refractivity contribution in [2.75, 3.05) is 11.9 Å². The molecule has 0 fully saturated rings. The monoisotopic (exact) mass is 371 g/mol. The van der Waals surface area contributed by atoms with Gasteiger partial charge in [-0.2, -0.15) is 0 Å². The number of benzene rings is 1. The number of rotatable bonds is 3. The summed E-state index contributed by atoms with van der Waals surface area (Å²) in [6, 6.07) is 6.12. The summed E-state index contributed by atoms with van der Waals surface area (Å²) < 4.78 is 2.31. The molecule has 0 bridgehead atoms. The summed E-state index contributed by atoms with van der Waals surface area (Å²) in [5, 5.41) is 3.22. The zero-order chi connectivity index (χ0) is 9.68. The molecule has 0 radical (unpaired) electrons. The van der Waals surface area contributed by atoms with E-state index in [9.17, 15) is 0 Å². The van der Waals surface area contributed by atoms with Crippen LogP contribution < -0.4 is 5.32 Å². The molecular formula is C9H8BrClIN. The summed E-state index contributed by atoms with van der Waals surface area (Å²) in [4.78, 5) is 0. The Hall–Kier alpha value is 0.260. The van der Waals surface area contributed by atoms with Crippen molar-refractivity contribution < 1.29 is 0 Å². The van der Waals surface area contributed by atoms with Crippen molar-refractivity contribution >= 4 is 55.8 Å². The molecule has 1 N–H and O–H groups in total. The SMILES string of the molecule is Cl/C=C/CNc1ccc(Br)c(I)c1. The zero-order valence-electron chi connectivity index (χ0n) is 6.73. The van der Waals surface area contributed by atoms with Crippen LogP contribution in [0.2, 0.25) is 0 Å². The quantitative estimate of drug-likeness (QED) is 0.784. The van der Waals surface area contributed by atoms with Gasteiger partial charge in [-0.15, -0.1) is 0 Å². The minimum absolute atomic E-state index is 0.751. The smallest absolute Gasteiger partial charge is 0.0354 e. The molecule has 4 heteroatoms. The van der Waals surface area contributed by atoms with E-state index in [0.717, 1.165) is 16.7 Å². The Labute approximate surface area is 105 Å². The van der Waals surface area contributed by atoms with Crippen LogP contribution in [0.5, 0.6) is 0 Å². The van der Waals surface area contributed by atoms with Gasteiger partial charge in [-0.05, 0) is 56.7 Å². The molecule has 0 aliphatic carbocycles. The summed E-state index contributed by atoms with van der Waals surface area (Å²) in [5.74, 6) is 0. The lowest BCUT2D eigenvalue weighted by atomic mass is 10.3. The van der Waals surface area contributed by atoms with E-state index in [0.29, 0.717) is 0 Å². The second-order valence-electron chi connectivity index (χ2n) is 2.37. The molecule has 1 nitrogen and oxygen atoms in total. The van der Waals surface area contributed by atoms with Crippen LogP contribution in [-0.4, -0.2) is 6.54 Å². The first-order valence-corrected chi connectivity index (χ1v) is 5.99. The average molecular weight is 372 g/mol. The summed E-state index contributed by atoms with van der Waals surface area (Å²) in [7, 11) is 0. The molecule has 0 atom stereocenters. The van der Waals surface area contributed by atoms with E-state index in [4.69, 9.17) is 11.6 Å². The van der Waals surface area contributed by atoms with E-state index in [2.05, 4.69) is 49.9 Å². The van der Waals surface area contributed by atoms with E-state index in [-0.39, 0.29) is 0 Å². The molecule has 0 aromatic heterocycles. The summed E-state index contributed by atoms with van der Waals surface area (Å²) in [5.41, 5.74) is 2.61. The van der Waals surface area contributed by atoms with E-state index in [1.807, 2.05) is 18.2 Å². The molecule has 1 aromatic rings. The molecule has 0 aliphatic rings. The maximum atomic E-state index is 5.39. The number of anilines is 1. The van der Waals surface area contributed by atoms with Gasteiger partial charge in [0.25, 0.3) is 0 Å². The Kier molecular flexibility index (Phi) is 5.13. The van der Waals surface area contributed by atoms with Crippen molar-refractivity contribution in [3.05, 3.63) is 37.9 Å². The molecule has 0 heterocycles. The molecule has 70 valence electrons. The van der Waals surface area contributed by atoms with Crippen LogP contribution >= 0.6 is 50.1 Å². The highest BCUT2D eigenvalue weighted by atomic mass is 127. The van der Waals surface area contributed by atoms with Gasteiger partial charge in [0.15, 0.2) is 0 Å². The third kappa shape index (κ3) is 3.87. The summed E-state index contributed by atoms with van der Waals surface area (Å²) >= 11 is 11.1. The average Bonchev–Trinajstić information content (AvgIpc) is 2.12. The molecule has 1 rings (SSSR count). The van der Waals surface area contributed by atoms with Crippen molar-refractivity contribution in [3.63, 3.8) is 0 Å². The van der Waals surface area contributed by atoms with Gasteiger partial charge in [0, 0.05) is 25.8 Å². The Morgan fingerprint density at radius 2 is 2.31 bits per heavy atom. The Morgan fingerprint density at radius 3 is 2.92 bits per heavy atom. The van der Waals surface area contributed by atoms with Gasteiger partial charge in [0.2, 0.25) is 0 Å². The van der Waals surface area contributed by atoms with Crippen LogP contribution in [0.15, 0.2) is 34.3 Å². The molecule has 0 unspecified atom stereocenters. The number of halogens is 3. The van der Waals surface area contributed by atoms with Crippen molar-refractivity contribution in [2.24, 2.45) is 0 Å². The third-order valence-corrected chi connectivity index (χ3v) is 3.94. The van der Waals surface area contributed by atoms with Crippen molar-refractivity contribution in [1.29, 1.82) is 0 Å². The highest BCUT2D eigenvalue weighted by molar-refractivity contribution is 14.1. The zero-order valence-corrected chi connectivity index (χ0v) is 11.2. The van der Waals surface area contributed by atoms with Gasteiger partial charge in [0.1, 0.15) is 0 Å². The third-order valence-electron chi connectivity index (χ3n) is 1.43. The second-order valence-corrected chi connectivity index (χ2v) is 4.64. The standard InChI is InChI=1S/C9H8BrClIN/c10-8-3-2-7(6-9(8)12)13-5-1-4-11/h1-4,6,13H,5H2/b4-1+. The molecule has 0 saturated heterocycles. The molecule has 0 amide bonds. The largest absolute Gasteiger partial charge is 0.382 e. The molecule has 0 spiro atoms. The lowest BCUT2D eigenvalue weighted by Crippen LogP contribution is -1.97. The maximum absolute atomic E-state index is 5.39. The molecule has 1 aromatic carbocycles. The lowest BCUT2D eigenvalue weighted by molar-refractivity contribution is 1.33. The van der Waals surface area contributed by atoms with Gasteiger partial charge in [-0.1, -0.05) is 17.7 Å². The number of hydrogen-bond acceptors (Lipinski definition) is 1. The molecule has 13 heavy (non-hydrogen) atoms. The van der Waals surface area contributed by atoms with Crippen molar-refractivity contribution in [2.45, 2.75) is 0 Å². The first kappa shape index (κ1) is 11.3. The minimum Gasteiger partial charge on any atom is -0.382 e. The van der Waals surface area contributed by atoms with Crippen molar-refractivity contribution in [3.8, 4) is 0 Å². The van der Waals surface area contributed by atoms with E-state index in [1.54, 1.807) is 0 Å². The Bertz CT molecular complexity index is 314. The Morgan fingerprint density at radius 1 is 1.54 bits per heavy atom. The fourth-order valence-electron chi connectivity index (χ4n) is 0.827. The highest BCUT2D eigenvalue weighted by Crippen LogP contribution is 2.22. The normalized spacial score (nSPS) is 10.7. The molecular weight excluding hydrogens is 364 g/mol. The molecule has 0 aliphatic heterocycles. The number of hydrogen-bond donors (Lipinski definition) is 1. The van der Waals surface area contributed by atoms with Crippen LogP contribution in [-0.2, 0) is 0 Å². The molecule has 0 saturated carbocycles. The van der Waals surface area contributed by atoms with Crippen LogP contribution in [0.1, 0.15) is 0 Å². The van der Waals surface area contributed by atoms with Crippen LogP contribution in [0, 0.1) is 3.57 Å². The number of nitrogens with one attached hydrogen (secondary N) is 1. The maximum Gasteiger partial charge on any atom is 0.0354 e. The van der Waals surface area contributed by atoms with E-state index >= 15 is 0 Å². The minimum atomic E-state index is 0.751. The topological polar surface area (TPSA) is 12.0 Å². The fourth-order valence-corrected chi connectivity index (χ4v) is 1.68. The van der Waals surface area contributed by atoms with Gasteiger partial charge in [-0.3, -0.25) is 0 Å². The first-order chi connectivity index (χ1) is 6.24. The first-order valence-electron chi connectivity index (χ1n) is 3.68. The lowest BCUT2D eigenvalue weighted by Gasteiger charge is -2.04. The van der Waals surface area contributed by atoms with Crippen LogP contribution in [0.25, 0.3) is 0 Å². The van der Waals surface area contributed by atoms with Crippen LogP contribution in [0.4, 0.5) is 5.69 Å². The summed E-state index contributed by atoms with van der Waals surface area (Å²) in [6.07, 6.45) is 1.86. The van der Waals surface area contributed by atoms with Gasteiger partial charge in [-0.25, -0.2) is 0 Å². The fraction of sp³-hybridized carbons (Fsp3) is 0.111. The van der Waals surface area contributed by atoms with Gasteiger partial charge >= 0.3 is 0 Å². The highest BCUT2D eigenvalue weighted by Gasteiger charge is 1.96. The second kappa shape index (κ2) is 5.88.